The number of nitrogens with one attached hydrogen (secondary N) is 2. The number of halogens is 2. The number of ether oxygens (including phenoxy) is 2. The van der Waals surface area contributed by atoms with Gasteiger partial charge in [0.1, 0.15) is 17.8 Å². The quantitative estimate of drug-likeness (QED) is 0.628. The number of nitrogens with zero attached hydrogens (tertiary/aromatic N) is 2. The second-order valence-electron chi connectivity index (χ2n) is 5.14. The molecule has 134 valence electrons. The molecular weight excluding hydrogens is 369 g/mol. The number of hydrogen-bond acceptors (Lipinski definition) is 7. The molecule has 2 rings (SSSR count). The van der Waals surface area contributed by atoms with E-state index in [4.69, 9.17) is 38.4 Å². The zero-order valence-electron chi connectivity index (χ0n) is 13.5. The molecule has 0 aliphatic carbocycles. The molecule has 0 bridgehead atoms. The fourth-order valence-electron chi connectivity index (χ4n) is 1.70. The lowest BCUT2D eigenvalue weighted by Gasteiger charge is -2.14. The summed E-state index contributed by atoms with van der Waals surface area (Å²) in [6, 6.07) is 4.70. The highest BCUT2D eigenvalue weighted by Gasteiger charge is 2.12. The Kier molecular flexibility index (Phi) is 6.49. The molecule has 0 atom stereocenters. The lowest BCUT2D eigenvalue weighted by molar-refractivity contribution is -0.122. The number of anilines is 2. The Morgan fingerprint density at radius 1 is 1.32 bits per heavy atom. The topological polar surface area (TPSA) is 111 Å². The zero-order valence-corrected chi connectivity index (χ0v) is 15.1. The standard InChI is InChI=1S/C15H17Cl2N5O3/c1-8(2)25-15-13(18)14(19-7-20-15)22-21-12(23)6-24-11-4-3-9(16)5-10(11)17/h3-5,7-8H,6,18H2,1-2H3,(H,21,23)(H,19,20,22). The first-order valence-electron chi connectivity index (χ1n) is 7.26. The summed E-state index contributed by atoms with van der Waals surface area (Å²) in [6.45, 7) is 3.42. The smallest absolute Gasteiger partial charge is 0.276 e. The van der Waals surface area contributed by atoms with Gasteiger partial charge in [0.15, 0.2) is 12.4 Å². The molecule has 0 radical (unpaired) electrons. The molecule has 0 saturated heterocycles. The van der Waals surface area contributed by atoms with Crippen molar-refractivity contribution in [2.24, 2.45) is 0 Å². The fourth-order valence-corrected chi connectivity index (χ4v) is 2.16. The molecular formula is C15H17Cl2N5O3. The molecule has 1 heterocycles. The fraction of sp³-hybridized carbons (Fsp3) is 0.267. The van der Waals surface area contributed by atoms with Crippen LogP contribution in [0, 0.1) is 0 Å². The van der Waals surface area contributed by atoms with E-state index >= 15 is 0 Å². The maximum absolute atomic E-state index is 11.9. The molecule has 4 N–H and O–H groups in total. The number of hydrazine groups is 1. The molecule has 0 saturated carbocycles. The minimum absolute atomic E-state index is 0.0998. The summed E-state index contributed by atoms with van der Waals surface area (Å²) in [4.78, 5) is 19.7. The van der Waals surface area contributed by atoms with Gasteiger partial charge in [-0.15, -0.1) is 0 Å². The SMILES string of the molecule is CC(C)Oc1ncnc(NNC(=O)COc2ccc(Cl)cc2Cl)c1N. The van der Waals surface area contributed by atoms with Gasteiger partial charge in [0.05, 0.1) is 11.1 Å². The third-order valence-electron chi connectivity index (χ3n) is 2.77. The number of benzene rings is 1. The number of nitrogens with two attached hydrogens (primary N) is 1. The van der Waals surface area contributed by atoms with E-state index in [0.29, 0.717) is 15.8 Å². The van der Waals surface area contributed by atoms with E-state index in [1.54, 1.807) is 12.1 Å². The number of amides is 1. The molecule has 0 aliphatic heterocycles. The van der Waals surface area contributed by atoms with Crippen molar-refractivity contribution in [3.63, 3.8) is 0 Å². The van der Waals surface area contributed by atoms with Crippen LogP contribution >= 0.6 is 23.2 Å². The Morgan fingerprint density at radius 3 is 2.76 bits per heavy atom. The lowest BCUT2D eigenvalue weighted by Crippen LogP contribution is -2.34. The lowest BCUT2D eigenvalue weighted by atomic mass is 10.3. The van der Waals surface area contributed by atoms with Crippen molar-refractivity contribution in [1.29, 1.82) is 0 Å². The Hall–Kier alpha value is -2.45. The highest BCUT2D eigenvalue weighted by molar-refractivity contribution is 6.35. The predicted molar refractivity (Wildman–Crippen MR) is 95.9 cm³/mol. The number of hydrogen-bond donors (Lipinski definition) is 3. The number of carbonyl (C=O) groups is 1. The summed E-state index contributed by atoms with van der Waals surface area (Å²) in [5.74, 6) is 0.320. The van der Waals surface area contributed by atoms with Crippen LogP contribution in [-0.4, -0.2) is 28.6 Å². The number of nitrogen functional groups attached to an aromatic ring is 1. The minimum Gasteiger partial charge on any atom is -0.482 e. The first kappa shape index (κ1) is 18.9. The van der Waals surface area contributed by atoms with Crippen LogP contribution in [-0.2, 0) is 4.79 Å². The van der Waals surface area contributed by atoms with Crippen LogP contribution in [0.15, 0.2) is 24.5 Å². The van der Waals surface area contributed by atoms with Gasteiger partial charge in [0, 0.05) is 5.02 Å². The molecule has 0 fully saturated rings. The van der Waals surface area contributed by atoms with Gasteiger partial charge in [-0.3, -0.25) is 15.6 Å². The summed E-state index contributed by atoms with van der Waals surface area (Å²) in [5, 5.41) is 0.783. The Balaban J connectivity index is 1.89. The van der Waals surface area contributed by atoms with Crippen LogP contribution < -0.4 is 26.1 Å². The van der Waals surface area contributed by atoms with Gasteiger partial charge in [-0.1, -0.05) is 23.2 Å². The normalized spacial score (nSPS) is 10.4. The molecule has 1 amide bonds. The molecule has 1 aromatic heterocycles. The van der Waals surface area contributed by atoms with Gasteiger partial charge in [-0.25, -0.2) is 4.98 Å². The van der Waals surface area contributed by atoms with Crippen LogP contribution in [0.2, 0.25) is 10.0 Å². The van der Waals surface area contributed by atoms with Crippen molar-refractivity contribution < 1.29 is 14.3 Å². The van der Waals surface area contributed by atoms with Crippen molar-refractivity contribution >= 4 is 40.6 Å². The maximum Gasteiger partial charge on any atom is 0.276 e. The highest BCUT2D eigenvalue weighted by Crippen LogP contribution is 2.27. The van der Waals surface area contributed by atoms with E-state index in [1.165, 1.54) is 12.4 Å². The van der Waals surface area contributed by atoms with Gasteiger partial charge in [-0.05, 0) is 32.0 Å². The second-order valence-corrected chi connectivity index (χ2v) is 5.99. The van der Waals surface area contributed by atoms with E-state index in [0.717, 1.165) is 0 Å². The molecule has 0 unspecified atom stereocenters. The summed E-state index contributed by atoms with van der Waals surface area (Å²) in [7, 11) is 0. The third-order valence-corrected chi connectivity index (χ3v) is 3.30. The largest absolute Gasteiger partial charge is 0.482 e. The van der Waals surface area contributed by atoms with E-state index in [1.807, 2.05) is 13.8 Å². The molecule has 0 aliphatic rings. The van der Waals surface area contributed by atoms with Crippen molar-refractivity contribution in [1.82, 2.24) is 15.4 Å². The van der Waals surface area contributed by atoms with Crippen molar-refractivity contribution in [2.75, 3.05) is 17.8 Å². The van der Waals surface area contributed by atoms with Crippen LogP contribution in [0.3, 0.4) is 0 Å². The molecule has 2 aromatic rings. The molecule has 1 aromatic carbocycles. The molecule has 10 heteroatoms. The van der Waals surface area contributed by atoms with Crippen LogP contribution in [0.4, 0.5) is 11.5 Å². The van der Waals surface area contributed by atoms with E-state index < -0.39 is 5.91 Å². The number of rotatable bonds is 7. The zero-order chi connectivity index (χ0) is 18.4. The highest BCUT2D eigenvalue weighted by atomic mass is 35.5. The summed E-state index contributed by atoms with van der Waals surface area (Å²) in [5.41, 5.74) is 11.1. The van der Waals surface area contributed by atoms with Gasteiger partial charge in [0.25, 0.3) is 5.91 Å². The Bertz CT molecular complexity index is 758. The monoisotopic (exact) mass is 385 g/mol. The van der Waals surface area contributed by atoms with Gasteiger partial charge in [-0.2, -0.15) is 4.98 Å². The maximum atomic E-state index is 11.9. The van der Waals surface area contributed by atoms with Crippen LogP contribution in [0.1, 0.15) is 13.8 Å². The molecule has 0 spiro atoms. The Morgan fingerprint density at radius 2 is 2.08 bits per heavy atom. The van der Waals surface area contributed by atoms with Gasteiger partial charge in [0.2, 0.25) is 5.88 Å². The van der Waals surface area contributed by atoms with Crippen LogP contribution in [0.5, 0.6) is 11.6 Å². The van der Waals surface area contributed by atoms with Crippen molar-refractivity contribution in [2.45, 2.75) is 20.0 Å². The first-order chi connectivity index (χ1) is 11.9. The summed E-state index contributed by atoms with van der Waals surface area (Å²) in [6.07, 6.45) is 1.17. The summed E-state index contributed by atoms with van der Waals surface area (Å²) >= 11 is 11.8. The average molecular weight is 386 g/mol. The van der Waals surface area contributed by atoms with E-state index in [-0.39, 0.29) is 30.1 Å². The second kappa shape index (κ2) is 8.59. The van der Waals surface area contributed by atoms with Crippen molar-refractivity contribution in [3.8, 4) is 11.6 Å². The average Bonchev–Trinajstić information content (AvgIpc) is 2.54. The number of aromatic nitrogens is 2. The third kappa shape index (κ3) is 5.54. The molecule has 8 nitrogen and oxygen atoms in total. The number of carbonyl (C=O) groups excluding carboxylic acids is 1. The minimum atomic E-state index is -0.463. The van der Waals surface area contributed by atoms with Gasteiger partial charge < -0.3 is 15.2 Å². The van der Waals surface area contributed by atoms with Crippen LogP contribution in [0.25, 0.3) is 0 Å². The predicted octanol–water partition coefficient (Wildman–Crippen LogP) is 2.67. The van der Waals surface area contributed by atoms with Gasteiger partial charge >= 0.3 is 0 Å². The van der Waals surface area contributed by atoms with Crippen molar-refractivity contribution in [3.05, 3.63) is 34.6 Å². The molecule has 25 heavy (non-hydrogen) atoms. The van der Waals surface area contributed by atoms with E-state index in [9.17, 15) is 4.79 Å². The van der Waals surface area contributed by atoms with E-state index in [2.05, 4.69) is 20.8 Å². The first-order valence-corrected chi connectivity index (χ1v) is 8.02. The summed E-state index contributed by atoms with van der Waals surface area (Å²) < 4.78 is 10.8. The Labute approximate surface area is 154 Å².